The number of hydrogen-bond acceptors (Lipinski definition) is 1. The quantitative estimate of drug-likeness (QED) is 0.744. The molecule has 0 amide bonds. The average Bonchev–Trinajstić information content (AvgIpc) is 2.61. The first-order valence-corrected chi connectivity index (χ1v) is 18.0. The minimum atomic E-state index is -2.03. The fourth-order valence-electron chi connectivity index (χ4n) is 2.39. The molecule has 0 aliphatic heterocycles. The van der Waals surface area contributed by atoms with Crippen molar-refractivity contribution in [2.75, 3.05) is 0 Å². The Balaban J connectivity index is 2.72. The number of rotatable bonds is 4. The van der Waals surface area contributed by atoms with Crippen molar-refractivity contribution in [3.05, 3.63) is 10.2 Å². The van der Waals surface area contributed by atoms with Crippen LogP contribution in [0.15, 0.2) is 10.2 Å². The van der Waals surface area contributed by atoms with Gasteiger partial charge in [0.25, 0.3) is 0 Å². The fraction of sp³-hybridized carbons (Fsp3) is 0.857. The standard InChI is InChI=1S/C11H20NOS.3CH3.Sn/c1-5-9-7-6-8-10(9)12-14(13)11(2,3)4;;;;/h9-10,12H,1,6-8H2,2-4H3;3*1H3;/t9-,10+,14?;;;;/m1..../s1. The van der Waals surface area contributed by atoms with Crippen molar-refractivity contribution in [1.82, 2.24) is 4.72 Å². The fourth-order valence-corrected chi connectivity index (χ4v) is 7.46. The predicted octanol–water partition coefficient (Wildman–Crippen LogP) is 3.64. The van der Waals surface area contributed by atoms with Crippen LogP contribution >= 0.6 is 0 Å². The Morgan fingerprint density at radius 3 is 2.28 bits per heavy atom. The van der Waals surface area contributed by atoms with Gasteiger partial charge in [0.2, 0.25) is 0 Å². The molecule has 0 spiro atoms. The van der Waals surface area contributed by atoms with Crippen LogP contribution in [0.5, 0.6) is 0 Å². The van der Waals surface area contributed by atoms with E-state index in [2.05, 4.69) is 26.1 Å². The van der Waals surface area contributed by atoms with Crippen molar-refractivity contribution in [3.8, 4) is 0 Å². The van der Waals surface area contributed by atoms with Crippen LogP contribution < -0.4 is 4.72 Å². The Kier molecular flexibility index (Phi) is 5.53. The summed E-state index contributed by atoms with van der Waals surface area (Å²) < 4.78 is 16.9. The van der Waals surface area contributed by atoms with Crippen LogP contribution in [-0.4, -0.2) is 33.4 Å². The third-order valence-corrected chi connectivity index (χ3v) is 11.9. The summed E-state index contributed by atoms with van der Waals surface area (Å²) in [5, 5.41) is 0. The zero-order valence-corrected chi connectivity index (χ0v) is 16.5. The molecule has 1 fully saturated rings. The molecule has 1 rings (SSSR count). The molecule has 1 N–H and O–H groups in total. The van der Waals surface area contributed by atoms with E-state index in [1.165, 1.54) is 16.4 Å². The summed E-state index contributed by atoms with van der Waals surface area (Å²) in [4.78, 5) is 7.27. The average molecular weight is 378 g/mol. The van der Waals surface area contributed by atoms with Gasteiger partial charge in [-0.15, -0.1) is 0 Å². The molecule has 1 aliphatic rings. The zero-order chi connectivity index (χ0) is 14.1. The number of hydrogen-bond donors (Lipinski definition) is 1. The first-order valence-electron chi connectivity index (χ1n) is 6.91. The van der Waals surface area contributed by atoms with Crippen molar-refractivity contribution in [1.29, 1.82) is 0 Å². The summed E-state index contributed by atoms with van der Waals surface area (Å²) in [6.45, 7) is 10.5. The minimum absolute atomic E-state index is 0.181. The van der Waals surface area contributed by atoms with Gasteiger partial charge in [-0.3, -0.25) is 0 Å². The van der Waals surface area contributed by atoms with Gasteiger partial charge in [0.05, 0.1) is 0 Å². The second-order valence-corrected chi connectivity index (χ2v) is 24.1. The molecular weight excluding hydrogens is 349 g/mol. The first-order chi connectivity index (χ1) is 8.03. The molecule has 106 valence electrons. The van der Waals surface area contributed by atoms with Gasteiger partial charge in [0, 0.05) is 0 Å². The van der Waals surface area contributed by atoms with Crippen LogP contribution in [0.1, 0.15) is 40.0 Å². The summed E-state index contributed by atoms with van der Waals surface area (Å²) in [6.07, 6.45) is 3.62. The van der Waals surface area contributed by atoms with E-state index < -0.39 is 29.4 Å². The van der Waals surface area contributed by atoms with Crippen LogP contribution in [-0.2, 0) is 11.0 Å². The number of nitrogens with one attached hydrogen (secondary N) is 1. The van der Waals surface area contributed by atoms with Crippen molar-refractivity contribution in [2.24, 2.45) is 5.92 Å². The SMILES string of the molecule is C=[C]([C@@H]1CCC[C@@H]1NS(=O)C(C)(C)C)[Sn]([CH3])([CH3])[CH3]. The Morgan fingerprint density at radius 2 is 1.83 bits per heavy atom. The summed E-state index contributed by atoms with van der Waals surface area (Å²) >= 11 is -2.03. The molecule has 18 heavy (non-hydrogen) atoms. The van der Waals surface area contributed by atoms with Crippen molar-refractivity contribution < 1.29 is 4.21 Å². The Hall–Kier alpha value is 0.649. The second kappa shape index (κ2) is 5.96. The Morgan fingerprint density at radius 1 is 1.28 bits per heavy atom. The van der Waals surface area contributed by atoms with Gasteiger partial charge in [0.1, 0.15) is 0 Å². The Bertz CT molecular complexity index is 341. The molecular formula is C14H29NOSSn. The summed E-state index contributed by atoms with van der Waals surface area (Å²) in [5.41, 5.74) is 0. The predicted molar refractivity (Wildman–Crippen MR) is 84.6 cm³/mol. The van der Waals surface area contributed by atoms with Gasteiger partial charge < -0.3 is 0 Å². The molecule has 0 radical (unpaired) electrons. The zero-order valence-electron chi connectivity index (χ0n) is 12.8. The molecule has 0 saturated heterocycles. The van der Waals surface area contributed by atoms with E-state index in [0.29, 0.717) is 12.0 Å². The van der Waals surface area contributed by atoms with E-state index in [1.807, 2.05) is 20.8 Å². The molecule has 2 nitrogen and oxygen atoms in total. The normalized spacial score (nSPS) is 27.2. The van der Waals surface area contributed by atoms with E-state index in [4.69, 9.17) is 0 Å². The van der Waals surface area contributed by atoms with Gasteiger partial charge in [0.15, 0.2) is 0 Å². The van der Waals surface area contributed by atoms with Crippen LogP contribution in [0.4, 0.5) is 0 Å². The molecule has 1 aliphatic carbocycles. The van der Waals surface area contributed by atoms with E-state index in [-0.39, 0.29) is 4.75 Å². The van der Waals surface area contributed by atoms with Crippen LogP contribution in [0.25, 0.3) is 0 Å². The molecule has 0 aromatic carbocycles. The van der Waals surface area contributed by atoms with Gasteiger partial charge in [-0.1, -0.05) is 0 Å². The van der Waals surface area contributed by atoms with Gasteiger partial charge in [-0.05, 0) is 0 Å². The third kappa shape index (κ3) is 4.34. The van der Waals surface area contributed by atoms with Crippen LogP contribution in [0, 0.1) is 5.92 Å². The second-order valence-electron chi connectivity index (χ2n) is 7.42. The summed E-state index contributed by atoms with van der Waals surface area (Å²) in [6, 6.07) is 0.383. The topological polar surface area (TPSA) is 29.1 Å². The van der Waals surface area contributed by atoms with Gasteiger partial charge in [-0.2, -0.15) is 0 Å². The van der Waals surface area contributed by atoms with Crippen molar-refractivity contribution in [3.63, 3.8) is 0 Å². The van der Waals surface area contributed by atoms with E-state index in [0.717, 1.165) is 6.42 Å². The molecule has 3 atom stereocenters. The molecule has 0 aromatic heterocycles. The summed E-state index contributed by atoms with van der Waals surface area (Å²) in [5.74, 6) is 0.562. The van der Waals surface area contributed by atoms with Gasteiger partial charge >= 0.3 is 120 Å². The van der Waals surface area contributed by atoms with Crippen LogP contribution in [0.3, 0.4) is 0 Å². The molecule has 1 unspecified atom stereocenters. The van der Waals surface area contributed by atoms with Gasteiger partial charge in [-0.25, -0.2) is 0 Å². The molecule has 0 aromatic rings. The first kappa shape index (κ1) is 16.7. The van der Waals surface area contributed by atoms with E-state index in [9.17, 15) is 4.21 Å². The maximum atomic E-state index is 12.2. The monoisotopic (exact) mass is 379 g/mol. The molecule has 0 bridgehead atoms. The Labute approximate surface area is 119 Å². The maximum absolute atomic E-state index is 12.2. The van der Waals surface area contributed by atoms with Crippen LogP contribution in [0.2, 0.25) is 14.8 Å². The van der Waals surface area contributed by atoms with E-state index >= 15 is 0 Å². The summed E-state index contributed by atoms with van der Waals surface area (Å²) in [7, 11) is -0.959. The van der Waals surface area contributed by atoms with Crippen molar-refractivity contribution in [2.45, 2.75) is 65.6 Å². The molecule has 0 heterocycles. The van der Waals surface area contributed by atoms with Crippen molar-refractivity contribution >= 4 is 29.4 Å². The van der Waals surface area contributed by atoms with E-state index in [1.54, 1.807) is 0 Å². The molecule has 1 saturated carbocycles. The third-order valence-electron chi connectivity index (χ3n) is 3.74. The molecule has 4 heteroatoms.